The van der Waals surface area contributed by atoms with Gasteiger partial charge in [0.1, 0.15) is 5.75 Å². The van der Waals surface area contributed by atoms with Crippen molar-refractivity contribution in [3.05, 3.63) is 70.4 Å². The Bertz CT molecular complexity index is 1270. The van der Waals surface area contributed by atoms with Crippen LogP contribution in [-0.4, -0.2) is 45.8 Å². The molecule has 0 bridgehead atoms. The van der Waals surface area contributed by atoms with Crippen LogP contribution in [-0.2, 0) is 22.1 Å². The number of nitrogens with zero attached hydrogens (tertiary/aromatic N) is 3. The molecule has 4 rings (SSSR count). The summed E-state index contributed by atoms with van der Waals surface area (Å²) >= 11 is -1.72. The number of alkyl halides is 3. The van der Waals surface area contributed by atoms with Gasteiger partial charge in [0.15, 0.2) is 10.7 Å². The molecule has 0 saturated carbocycles. The number of hydrogen-bond acceptors (Lipinski definition) is 5. The summed E-state index contributed by atoms with van der Waals surface area (Å²) in [5, 5.41) is 18.6. The van der Waals surface area contributed by atoms with E-state index in [1.54, 1.807) is 0 Å². The van der Waals surface area contributed by atoms with Crippen molar-refractivity contribution in [1.29, 1.82) is 5.26 Å². The minimum atomic E-state index is -4.61. The average Bonchev–Trinajstić information content (AvgIpc) is 3.20. The van der Waals surface area contributed by atoms with Gasteiger partial charge < -0.3 is 14.6 Å². The normalized spacial score (nSPS) is 19.2. The number of aliphatic hydroxyl groups excluding tert-OH is 1. The molecule has 2 amide bonds. The van der Waals surface area contributed by atoms with Crippen molar-refractivity contribution in [2.75, 3.05) is 24.3 Å². The van der Waals surface area contributed by atoms with Crippen molar-refractivity contribution in [1.82, 2.24) is 4.90 Å². The van der Waals surface area contributed by atoms with Crippen LogP contribution in [0.2, 0.25) is 0 Å². The Balaban J connectivity index is 1.89. The summed E-state index contributed by atoms with van der Waals surface area (Å²) in [7, 11) is 1.42. The van der Waals surface area contributed by atoms with Crippen LogP contribution in [0.5, 0.6) is 0 Å². The number of carbonyl (C=O) groups is 2. The SMILES string of the molecule is CN1C(=O)N(c2cccc(C(F)(F)F)c2)C2=C(C(=O)CC2)C1c1ccc(C#N)cc1[S+]([O-])CCO. The number of hydrogen-bond donors (Lipinski definition) is 1. The van der Waals surface area contributed by atoms with Crippen molar-refractivity contribution >= 4 is 28.7 Å². The molecule has 35 heavy (non-hydrogen) atoms. The van der Waals surface area contributed by atoms with E-state index in [0.29, 0.717) is 11.3 Å². The highest BCUT2D eigenvalue weighted by Crippen LogP contribution is 2.46. The van der Waals surface area contributed by atoms with Gasteiger partial charge in [0.25, 0.3) is 0 Å². The van der Waals surface area contributed by atoms with Gasteiger partial charge in [-0.25, -0.2) is 4.79 Å². The number of benzene rings is 2. The first-order valence-electron chi connectivity index (χ1n) is 10.6. The molecular weight excluding hydrogens is 483 g/mol. The van der Waals surface area contributed by atoms with Crippen molar-refractivity contribution in [2.45, 2.75) is 30.0 Å². The van der Waals surface area contributed by atoms with E-state index < -0.39 is 35.0 Å². The smallest absolute Gasteiger partial charge is 0.416 e. The second-order valence-corrected chi connectivity index (χ2v) is 9.64. The highest BCUT2D eigenvalue weighted by Gasteiger charge is 2.46. The van der Waals surface area contributed by atoms with Gasteiger partial charge in [0, 0.05) is 36.4 Å². The number of likely N-dealkylation sites (N-methyl/N-ethyl adjacent to an activating group) is 1. The number of ketones is 1. The van der Waals surface area contributed by atoms with Crippen molar-refractivity contribution in [2.24, 2.45) is 0 Å². The van der Waals surface area contributed by atoms with Gasteiger partial charge in [-0.05, 0) is 41.9 Å². The maximum atomic E-state index is 13.5. The van der Waals surface area contributed by atoms with E-state index in [1.165, 1.54) is 42.3 Å². The molecule has 1 aliphatic carbocycles. The highest BCUT2D eigenvalue weighted by atomic mass is 32.2. The van der Waals surface area contributed by atoms with Crippen molar-refractivity contribution in [3.8, 4) is 6.07 Å². The number of anilines is 1. The molecule has 0 spiro atoms. The molecule has 2 aliphatic rings. The maximum absolute atomic E-state index is 13.5. The molecule has 1 aliphatic heterocycles. The fraction of sp³-hybridized carbons (Fsp3) is 0.292. The van der Waals surface area contributed by atoms with Gasteiger partial charge in [0.2, 0.25) is 0 Å². The van der Waals surface area contributed by atoms with E-state index in [2.05, 4.69) is 0 Å². The number of aliphatic hydroxyl groups is 1. The number of nitriles is 1. The van der Waals surface area contributed by atoms with Crippen LogP contribution < -0.4 is 4.90 Å². The van der Waals surface area contributed by atoms with Crippen LogP contribution in [0.15, 0.2) is 58.6 Å². The number of amides is 2. The lowest BCUT2D eigenvalue weighted by molar-refractivity contribution is -0.137. The van der Waals surface area contributed by atoms with Crippen LogP contribution in [0.1, 0.15) is 35.6 Å². The Labute approximate surface area is 202 Å². The van der Waals surface area contributed by atoms with Gasteiger partial charge in [0.05, 0.1) is 35.5 Å². The van der Waals surface area contributed by atoms with E-state index >= 15 is 0 Å². The molecule has 182 valence electrons. The Morgan fingerprint density at radius 2 is 1.94 bits per heavy atom. The third kappa shape index (κ3) is 4.40. The fourth-order valence-electron chi connectivity index (χ4n) is 4.45. The van der Waals surface area contributed by atoms with Gasteiger partial charge in [-0.3, -0.25) is 9.69 Å². The van der Waals surface area contributed by atoms with Crippen LogP contribution in [0.4, 0.5) is 23.7 Å². The summed E-state index contributed by atoms with van der Waals surface area (Å²) in [5.41, 5.74) is 0.173. The largest absolute Gasteiger partial charge is 0.611 e. The van der Waals surface area contributed by atoms with Crippen molar-refractivity contribution in [3.63, 3.8) is 0 Å². The standard InChI is InChI=1S/C24H20F3N3O4S/c1-29-22(17-6-5-14(13-28)11-20(17)35(34)10-9-31)21-18(7-8-19(21)32)30(23(29)33)16-4-2-3-15(12-16)24(25,26)27/h2-6,11-12,22,31H,7-10H2,1H3. The molecule has 2 aromatic carbocycles. The fourth-order valence-corrected chi connectivity index (χ4v) is 5.54. The molecule has 2 atom stereocenters. The molecule has 2 unspecified atom stereocenters. The molecule has 2 aromatic rings. The second-order valence-electron chi connectivity index (χ2n) is 8.10. The maximum Gasteiger partial charge on any atom is 0.416 e. The molecule has 11 heteroatoms. The Morgan fingerprint density at radius 1 is 1.20 bits per heavy atom. The molecule has 0 radical (unpaired) electrons. The number of allylic oxidation sites excluding steroid dienone is 1. The molecule has 1 heterocycles. The first-order chi connectivity index (χ1) is 16.6. The van der Waals surface area contributed by atoms with Crippen LogP contribution >= 0.6 is 0 Å². The first-order valence-corrected chi connectivity index (χ1v) is 11.9. The lowest BCUT2D eigenvalue weighted by Gasteiger charge is -2.40. The van der Waals surface area contributed by atoms with E-state index in [4.69, 9.17) is 0 Å². The van der Waals surface area contributed by atoms with Gasteiger partial charge in [-0.15, -0.1) is 0 Å². The predicted octanol–water partition coefficient (Wildman–Crippen LogP) is 3.91. The monoisotopic (exact) mass is 503 g/mol. The predicted molar refractivity (Wildman–Crippen MR) is 121 cm³/mol. The van der Waals surface area contributed by atoms with E-state index in [1.807, 2.05) is 6.07 Å². The zero-order valence-corrected chi connectivity index (χ0v) is 19.3. The number of halogens is 3. The third-order valence-corrected chi connectivity index (χ3v) is 7.41. The molecule has 0 fully saturated rings. The topological polar surface area (TPSA) is 108 Å². The lowest BCUT2D eigenvalue weighted by Crippen LogP contribution is -2.48. The highest BCUT2D eigenvalue weighted by molar-refractivity contribution is 7.91. The number of urea groups is 1. The molecule has 7 nitrogen and oxygen atoms in total. The second kappa shape index (κ2) is 9.37. The van der Waals surface area contributed by atoms with E-state index in [9.17, 15) is 37.7 Å². The summed E-state index contributed by atoms with van der Waals surface area (Å²) in [5.74, 6) is -0.382. The molecule has 1 N–H and O–H groups in total. The minimum Gasteiger partial charge on any atom is -0.611 e. The summed E-state index contributed by atoms with van der Waals surface area (Å²) in [4.78, 5) is 29.1. The summed E-state index contributed by atoms with van der Waals surface area (Å²) in [6, 6.07) is 9.11. The van der Waals surface area contributed by atoms with Gasteiger partial charge in [-0.2, -0.15) is 18.4 Å². The third-order valence-electron chi connectivity index (χ3n) is 6.01. The number of Topliss-reactive ketones (excluding diaryl/α,β-unsaturated/α-hetero) is 1. The average molecular weight is 504 g/mol. The zero-order chi connectivity index (χ0) is 25.5. The summed E-state index contributed by atoms with van der Waals surface area (Å²) < 4.78 is 52.8. The molecule has 0 aromatic heterocycles. The quantitative estimate of drug-likeness (QED) is 0.623. The molecular formula is C24H20F3N3O4S. The van der Waals surface area contributed by atoms with Crippen LogP contribution in [0.3, 0.4) is 0 Å². The number of carbonyl (C=O) groups excluding carboxylic acids is 2. The van der Waals surface area contributed by atoms with Crippen LogP contribution in [0, 0.1) is 11.3 Å². The van der Waals surface area contributed by atoms with Crippen LogP contribution in [0.25, 0.3) is 0 Å². The minimum absolute atomic E-state index is 0.0127. The lowest BCUT2D eigenvalue weighted by atomic mass is 9.92. The zero-order valence-electron chi connectivity index (χ0n) is 18.5. The van der Waals surface area contributed by atoms with E-state index in [0.717, 1.165) is 17.0 Å². The summed E-state index contributed by atoms with van der Waals surface area (Å²) in [6.07, 6.45) is -4.38. The number of rotatable bonds is 5. The van der Waals surface area contributed by atoms with Gasteiger partial charge in [-0.1, -0.05) is 12.1 Å². The molecule has 0 saturated heterocycles. The Kier molecular flexibility index (Phi) is 6.64. The summed E-state index contributed by atoms with van der Waals surface area (Å²) in [6.45, 7) is -0.377. The van der Waals surface area contributed by atoms with E-state index in [-0.39, 0.29) is 52.7 Å². The van der Waals surface area contributed by atoms with Crippen molar-refractivity contribution < 1.29 is 32.4 Å². The Hall–Kier alpha value is -3.33. The first kappa shape index (κ1) is 24.8. The Morgan fingerprint density at radius 3 is 2.60 bits per heavy atom. The van der Waals surface area contributed by atoms with Gasteiger partial charge >= 0.3 is 12.2 Å².